The van der Waals surface area contributed by atoms with Crippen molar-refractivity contribution < 1.29 is 9.47 Å². The molecule has 1 aliphatic rings. The summed E-state index contributed by atoms with van der Waals surface area (Å²) in [6.45, 7) is 4.71. The zero-order chi connectivity index (χ0) is 18.1. The lowest BCUT2D eigenvalue weighted by Gasteiger charge is -2.21. The molecule has 2 aromatic carbocycles. The Bertz CT molecular complexity index is 980. The summed E-state index contributed by atoms with van der Waals surface area (Å²) in [4.78, 5) is 9.40. The SMILES string of the molecule is COc1cc2ncc3c(c2cc1OCc1ccccc1)C(C)=NC(C)C3. The third kappa shape index (κ3) is 3.03. The van der Waals surface area contributed by atoms with Crippen molar-refractivity contribution in [1.82, 2.24) is 4.98 Å². The van der Waals surface area contributed by atoms with E-state index in [-0.39, 0.29) is 0 Å². The molecule has 4 nitrogen and oxygen atoms in total. The molecule has 0 amide bonds. The van der Waals surface area contributed by atoms with Crippen molar-refractivity contribution in [3.8, 4) is 11.5 Å². The van der Waals surface area contributed by atoms with Crippen molar-refractivity contribution in [1.29, 1.82) is 0 Å². The van der Waals surface area contributed by atoms with Crippen LogP contribution in [0.5, 0.6) is 11.5 Å². The Labute approximate surface area is 153 Å². The number of ether oxygens (including phenoxy) is 2. The van der Waals surface area contributed by atoms with Crippen LogP contribution in [0, 0.1) is 0 Å². The van der Waals surface area contributed by atoms with Crippen LogP contribution < -0.4 is 9.47 Å². The number of rotatable bonds is 4. The van der Waals surface area contributed by atoms with Crippen LogP contribution in [0.25, 0.3) is 10.9 Å². The van der Waals surface area contributed by atoms with Gasteiger partial charge in [-0.25, -0.2) is 0 Å². The van der Waals surface area contributed by atoms with E-state index in [2.05, 4.69) is 31.0 Å². The van der Waals surface area contributed by atoms with Crippen LogP contribution in [0.4, 0.5) is 0 Å². The lowest BCUT2D eigenvalue weighted by molar-refractivity contribution is 0.285. The molecule has 0 aliphatic carbocycles. The third-order valence-corrected chi connectivity index (χ3v) is 4.76. The van der Waals surface area contributed by atoms with E-state index >= 15 is 0 Å². The molecule has 0 saturated heterocycles. The van der Waals surface area contributed by atoms with Crippen molar-refractivity contribution >= 4 is 16.6 Å². The second kappa shape index (κ2) is 6.79. The smallest absolute Gasteiger partial charge is 0.162 e. The van der Waals surface area contributed by atoms with Gasteiger partial charge in [0.05, 0.1) is 18.7 Å². The largest absolute Gasteiger partial charge is 0.493 e. The first-order valence-electron chi connectivity index (χ1n) is 8.87. The van der Waals surface area contributed by atoms with E-state index in [1.54, 1.807) is 7.11 Å². The Kier molecular flexibility index (Phi) is 4.33. The minimum Gasteiger partial charge on any atom is -0.493 e. The van der Waals surface area contributed by atoms with Gasteiger partial charge in [-0.1, -0.05) is 30.3 Å². The number of fused-ring (bicyclic) bond motifs is 3. The molecule has 0 saturated carbocycles. The van der Waals surface area contributed by atoms with Crippen LogP contribution in [0.15, 0.2) is 53.7 Å². The number of methoxy groups -OCH3 is 1. The van der Waals surface area contributed by atoms with Gasteiger partial charge >= 0.3 is 0 Å². The number of pyridine rings is 1. The van der Waals surface area contributed by atoms with Crippen LogP contribution in [-0.4, -0.2) is 23.8 Å². The molecule has 4 heteroatoms. The fraction of sp³-hybridized carbons (Fsp3) is 0.273. The third-order valence-electron chi connectivity index (χ3n) is 4.76. The summed E-state index contributed by atoms with van der Waals surface area (Å²) in [6, 6.07) is 14.4. The topological polar surface area (TPSA) is 43.7 Å². The standard InChI is InChI=1S/C22H22N2O2/c1-14-9-17-12-23-19-11-20(25-3)21(10-18(19)22(17)15(2)24-14)26-13-16-7-5-4-6-8-16/h4-8,10-12,14H,9,13H2,1-3H3. The van der Waals surface area contributed by atoms with Crippen LogP contribution in [0.2, 0.25) is 0 Å². The summed E-state index contributed by atoms with van der Waals surface area (Å²) >= 11 is 0. The molecule has 0 fully saturated rings. The molecule has 4 rings (SSSR count). The van der Waals surface area contributed by atoms with E-state index in [1.807, 2.05) is 36.5 Å². The fourth-order valence-electron chi connectivity index (χ4n) is 3.59. The van der Waals surface area contributed by atoms with Crippen molar-refractivity contribution in [3.05, 3.63) is 65.4 Å². The zero-order valence-electron chi connectivity index (χ0n) is 15.3. The van der Waals surface area contributed by atoms with Gasteiger partial charge in [0.1, 0.15) is 6.61 Å². The number of aliphatic imine (C=N–C) groups is 1. The molecular formula is C22H22N2O2. The second-order valence-electron chi connectivity index (χ2n) is 6.72. The maximum absolute atomic E-state index is 6.08. The number of hydrogen-bond donors (Lipinski definition) is 0. The molecule has 0 bridgehead atoms. The molecule has 26 heavy (non-hydrogen) atoms. The summed E-state index contributed by atoms with van der Waals surface area (Å²) < 4.78 is 11.6. The Balaban J connectivity index is 1.78. The Hall–Kier alpha value is -2.88. The average molecular weight is 346 g/mol. The second-order valence-corrected chi connectivity index (χ2v) is 6.72. The van der Waals surface area contributed by atoms with E-state index in [1.165, 1.54) is 11.1 Å². The minimum atomic E-state index is 0.300. The highest BCUT2D eigenvalue weighted by Crippen LogP contribution is 2.36. The molecule has 132 valence electrons. The molecule has 0 spiro atoms. The van der Waals surface area contributed by atoms with Crippen molar-refractivity contribution in [2.24, 2.45) is 4.99 Å². The Morgan fingerprint density at radius 3 is 2.69 bits per heavy atom. The van der Waals surface area contributed by atoms with Gasteiger partial charge in [-0.3, -0.25) is 9.98 Å². The molecule has 3 aromatic rings. The fourth-order valence-corrected chi connectivity index (χ4v) is 3.59. The van der Waals surface area contributed by atoms with E-state index in [0.717, 1.165) is 34.3 Å². The van der Waals surface area contributed by atoms with Gasteiger partial charge < -0.3 is 9.47 Å². The van der Waals surface area contributed by atoms with Crippen molar-refractivity contribution in [3.63, 3.8) is 0 Å². The number of hydrogen-bond acceptors (Lipinski definition) is 4. The number of benzene rings is 2. The Morgan fingerprint density at radius 1 is 1.12 bits per heavy atom. The predicted molar refractivity (Wildman–Crippen MR) is 104 cm³/mol. The van der Waals surface area contributed by atoms with Crippen LogP contribution in [0.1, 0.15) is 30.5 Å². The van der Waals surface area contributed by atoms with E-state index in [4.69, 9.17) is 14.5 Å². The normalized spacial score (nSPS) is 16.1. The molecule has 1 atom stereocenters. The Morgan fingerprint density at radius 2 is 1.92 bits per heavy atom. The number of nitrogens with zero attached hydrogens (tertiary/aromatic N) is 2. The zero-order valence-corrected chi connectivity index (χ0v) is 15.3. The summed E-state index contributed by atoms with van der Waals surface area (Å²) in [6.07, 6.45) is 2.89. The van der Waals surface area contributed by atoms with Gasteiger partial charge in [0.15, 0.2) is 11.5 Å². The van der Waals surface area contributed by atoms with Gasteiger partial charge in [-0.15, -0.1) is 0 Å². The molecule has 1 aromatic heterocycles. The summed E-state index contributed by atoms with van der Waals surface area (Å²) in [5.41, 5.74) is 5.51. The van der Waals surface area contributed by atoms with Gasteiger partial charge in [0.25, 0.3) is 0 Å². The molecule has 2 heterocycles. The maximum atomic E-state index is 6.08. The van der Waals surface area contributed by atoms with Gasteiger partial charge in [-0.2, -0.15) is 0 Å². The van der Waals surface area contributed by atoms with E-state index < -0.39 is 0 Å². The van der Waals surface area contributed by atoms with E-state index in [9.17, 15) is 0 Å². The maximum Gasteiger partial charge on any atom is 0.162 e. The van der Waals surface area contributed by atoms with Crippen molar-refractivity contribution in [2.45, 2.75) is 32.9 Å². The highest BCUT2D eigenvalue weighted by atomic mass is 16.5. The first kappa shape index (κ1) is 16.6. The van der Waals surface area contributed by atoms with Crippen LogP contribution in [-0.2, 0) is 13.0 Å². The molecule has 1 aliphatic heterocycles. The van der Waals surface area contributed by atoms with Crippen LogP contribution >= 0.6 is 0 Å². The number of aromatic nitrogens is 1. The monoisotopic (exact) mass is 346 g/mol. The van der Waals surface area contributed by atoms with Crippen molar-refractivity contribution in [2.75, 3.05) is 7.11 Å². The minimum absolute atomic E-state index is 0.300. The average Bonchev–Trinajstić information content (AvgIpc) is 2.65. The predicted octanol–water partition coefficient (Wildman–Crippen LogP) is 4.58. The first-order valence-corrected chi connectivity index (χ1v) is 8.87. The summed E-state index contributed by atoms with van der Waals surface area (Å²) in [5, 5.41) is 1.07. The summed E-state index contributed by atoms with van der Waals surface area (Å²) in [5.74, 6) is 1.42. The quantitative estimate of drug-likeness (QED) is 0.695. The van der Waals surface area contributed by atoms with Gasteiger partial charge in [0, 0.05) is 28.9 Å². The summed E-state index contributed by atoms with van der Waals surface area (Å²) in [7, 11) is 1.66. The van der Waals surface area contributed by atoms with Gasteiger partial charge in [0.2, 0.25) is 0 Å². The lowest BCUT2D eigenvalue weighted by Crippen LogP contribution is -2.17. The van der Waals surface area contributed by atoms with E-state index in [0.29, 0.717) is 18.4 Å². The highest BCUT2D eigenvalue weighted by Gasteiger charge is 2.20. The lowest BCUT2D eigenvalue weighted by atomic mass is 9.93. The molecule has 0 N–H and O–H groups in total. The highest BCUT2D eigenvalue weighted by molar-refractivity contribution is 6.11. The molecule has 1 unspecified atom stereocenters. The molecule has 0 radical (unpaired) electrons. The van der Waals surface area contributed by atoms with Crippen LogP contribution in [0.3, 0.4) is 0 Å². The van der Waals surface area contributed by atoms with Gasteiger partial charge in [-0.05, 0) is 37.5 Å². The molecular weight excluding hydrogens is 324 g/mol. The first-order chi connectivity index (χ1) is 12.7.